The van der Waals surface area contributed by atoms with Crippen molar-refractivity contribution in [3.05, 3.63) is 92.4 Å². The number of ether oxygens (including phenoxy) is 2. The predicted octanol–water partition coefficient (Wildman–Crippen LogP) is 5.26. The van der Waals surface area contributed by atoms with Crippen molar-refractivity contribution in [2.75, 3.05) is 47.1 Å². The molecule has 9 N–H and O–H groups in total. The SMILES string of the molecule is CCC(C)(CC)Sc1ncc(/C(N)=C/N(N)CCCCCC(=O)N[C@H](C(=O)N[C@@H](CCCCN(C)C)C(=O)NCC(=O)NCOC/C=C/c2c3c(nc4cc(F)c(C)cc24)-c2cc4c(c(=O)n2C3)COC(=O)[C@]4(O)CC)C(C)C)cn1. The third-order valence-electron chi connectivity index (χ3n) is 15.0. The van der Waals surface area contributed by atoms with E-state index in [-0.39, 0.29) is 67.0 Å². The van der Waals surface area contributed by atoms with Gasteiger partial charge in [-0.25, -0.2) is 30.0 Å². The zero-order valence-electron chi connectivity index (χ0n) is 48.2. The van der Waals surface area contributed by atoms with Crippen molar-refractivity contribution in [1.82, 2.24) is 50.7 Å². The Balaban J connectivity index is 0.977. The Hall–Kier alpha value is -6.79. The molecule has 0 bridgehead atoms. The third kappa shape index (κ3) is 16.2. The maximum Gasteiger partial charge on any atom is 0.343 e. The van der Waals surface area contributed by atoms with Gasteiger partial charge in [-0.15, -0.1) is 0 Å². The molecule has 5 heterocycles. The minimum absolute atomic E-state index is 0.0179. The Morgan fingerprint density at radius 1 is 0.975 bits per heavy atom. The number of aromatic nitrogens is 4. The summed E-state index contributed by atoms with van der Waals surface area (Å²) in [6.45, 7) is 13.9. The Kier molecular flexibility index (Phi) is 22.5. The molecule has 4 amide bonds. The lowest BCUT2D eigenvalue weighted by Crippen LogP contribution is -2.56. The van der Waals surface area contributed by atoms with Crippen molar-refractivity contribution in [2.24, 2.45) is 17.5 Å². The molecule has 4 aromatic rings. The fourth-order valence-corrected chi connectivity index (χ4v) is 10.4. The highest BCUT2D eigenvalue weighted by molar-refractivity contribution is 8.00. The fraction of sp³-hybridized carbons (Fsp3) is 0.534. The molecule has 23 heteroatoms. The number of nitrogens with two attached hydrogens (primary N) is 2. The molecule has 0 spiro atoms. The summed E-state index contributed by atoms with van der Waals surface area (Å²) in [5.41, 5.74) is 8.12. The van der Waals surface area contributed by atoms with E-state index in [9.17, 15) is 38.3 Å². The summed E-state index contributed by atoms with van der Waals surface area (Å²) in [6, 6.07) is 2.69. The molecule has 81 heavy (non-hydrogen) atoms. The molecule has 0 saturated carbocycles. The van der Waals surface area contributed by atoms with Crippen molar-refractivity contribution < 1.29 is 42.9 Å². The van der Waals surface area contributed by atoms with Gasteiger partial charge in [0.25, 0.3) is 5.56 Å². The Labute approximate surface area is 477 Å². The summed E-state index contributed by atoms with van der Waals surface area (Å²) in [6.07, 6.45) is 14.2. The Morgan fingerprint density at radius 3 is 2.37 bits per heavy atom. The van der Waals surface area contributed by atoms with Crippen molar-refractivity contribution in [3.63, 3.8) is 0 Å². The van der Waals surface area contributed by atoms with Gasteiger partial charge in [-0.05, 0) is 115 Å². The number of aryl methyl sites for hydroxylation is 1. The average molecular weight is 1140 g/mol. The number of carbonyl (C=O) groups is 5. The van der Waals surface area contributed by atoms with Crippen molar-refractivity contribution in [1.29, 1.82) is 0 Å². The van der Waals surface area contributed by atoms with E-state index in [1.54, 1.807) is 68.5 Å². The highest BCUT2D eigenvalue weighted by Crippen LogP contribution is 2.41. The van der Waals surface area contributed by atoms with Crippen LogP contribution in [0.4, 0.5) is 4.39 Å². The highest BCUT2D eigenvalue weighted by Gasteiger charge is 2.45. The molecule has 2 aliphatic rings. The molecular formula is C58H81FN12O9S. The summed E-state index contributed by atoms with van der Waals surface area (Å²) in [4.78, 5) is 95.8. The van der Waals surface area contributed by atoms with Crippen LogP contribution in [0.2, 0.25) is 0 Å². The van der Waals surface area contributed by atoms with E-state index in [2.05, 4.69) is 52.0 Å². The molecule has 0 aliphatic carbocycles. The second-order valence-electron chi connectivity index (χ2n) is 21.6. The van der Waals surface area contributed by atoms with Gasteiger partial charge in [0.05, 0.1) is 47.9 Å². The van der Waals surface area contributed by atoms with Crippen LogP contribution in [0.25, 0.3) is 34.1 Å². The summed E-state index contributed by atoms with van der Waals surface area (Å²) in [5, 5.41) is 25.1. The smallest absolute Gasteiger partial charge is 0.343 e. The molecule has 2 aliphatic heterocycles. The number of rotatable bonds is 30. The number of hydrogen-bond donors (Lipinski definition) is 7. The topological polar surface area (TPSA) is 291 Å². The maximum absolute atomic E-state index is 15.0. The lowest BCUT2D eigenvalue weighted by molar-refractivity contribution is -0.172. The number of hydrazine groups is 1. The van der Waals surface area contributed by atoms with Crippen molar-refractivity contribution >= 4 is 64.0 Å². The number of pyridine rings is 2. The molecule has 6 rings (SSSR count). The molecule has 0 unspecified atom stereocenters. The van der Waals surface area contributed by atoms with E-state index in [1.165, 1.54) is 15.6 Å². The van der Waals surface area contributed by atoms with Gasteiger partial charge >= 0.3 is 5.97 Å². The van der Waals surface area contributed by atoms with Crippen LogP contribution >= 0.6 is 11.8 Å². The first-order valence-corrected chi connectivity index (χ1v) is 28.7. The maximum atomic E-state index is 15.0. The summed E-state index contributed by atoms with van der Waals surface area (Å²) < 4.78 is 27.4. The van der Waals surface area contributed by atoms with Crippen LogP contribution in [0.1, 0.15) is 139 Å². The molecule has 0 saturated heterocycles. The Morgan fingerprint density at radius 2 is 1.69 bits per heavy atom. The third-order valence-corrected chi connectivity index (χ3v) is 16.4. The van der Waals surface area contributed by atoms with Crippen molar-refractivity contribution in [2.45, 2.75) is 153 Å². The van der Waals surface area contributed by atoms with Crippen LogP contribution in [0.3, 0.4) is 0 Å². The lowest BCUT2D eigenvalue weighted by Gasteiger charge is -2.31. The van der Waals surface area contributed by atoms with E-state index in [4.69, 9.17) is 26.0 Å². The van der Waals surface area contributed by atoms with Gasteiger partial charge in [0.15, 0.2) is 10.8 Å². The van der Waals surface area contributed by atoms with Crippen LogP contribution < -0.4 is 38.4 Å². The average Bonchev–Trinajstić information content (AvgIpc) is 3.13. The van der Waals surface area contributed by atoms with E-state index < -0.39 is 59.3 Å². The first kappa shape index (κ1) is 63.4. The van der Waals surface area contributed by atoms with Gasteiger partial charge in [0, 0.05) is 64.4 Å². The second-order valence-corrected chi connectivity index (χ2v) is 23.2. The molecule has 0 fully saturated rings. The number of hydrogen-bond acceptors (Lipinski definition) is 17. The number of nitrogens with zero attached hydrogens (tertiary/aromatic N) is 6. The standard InChI is InChI=1S/C58H81FN12O9S/c1-10-57(7,11-2)81-56-63-28-37(29-64-56)44(60)32-70(61)23-16-13-14-21-48(72)68-50(35(4)5)53(75)67-45(20-15-17-22-69(8)9)52(74)62-30-49(73)65-34-79-24-18-19-38-39-25-36(6)43(59)27-46(39)66-51-40(38)31-71-47(51)26-42-41(54(71)76)33-80-55(77)58(42,78)12-3/h18-19,25-29,32,35,45,50,78H,10-17,20-24,30-31,33-34,60-61H2,1-9H3,(H,62,74)(H,65,73)(H,67,75)(H,68,72)/b19-18+,44-32-/t45-,50-,58-/m0/s1. The largest absolute Gasteiger partial charge is 0.458 e. The summed E-state index contributed by atoms with van der Waals surface area (Å²) >= 11 is 1.65. The monoisotopic (exact) mass is 1140 g/mol. The van der Waals surface area contributed by atoms with Gasteiger partial charge in [0.2, 0.25) is 23.6 Å². The molecule has 0 radical (unpaired) electrons. The number of unbranched alkanes of at least 4 members (excludes halogenated alkanes) is 3. The number of halogens is 1. The van der Waals surface area contributed by atoms with E-state index in [0.717, 1.165) is 25.8 Å². The van der Waals surface area contributed by atoms with Gasteiger partial charge < -0.3 is 56.1 Å². The number of fused-ring (bicyclic) bond motifs is 5. The highest BCUT2D eigenvalue weighted by atomic mass is 32.2. The van der Waals surface area contributed by atoms with Gasteiger partial charge in [-0.2, -0.15) is 0 Å². The molecule has 3 aromatic heterocycles. The molecular weight excluding hydrogens is 1060 g/mol. The van der Waals surface area contributed by atoms with Crippen molar-refractivity contribution in [3.8, 4) is 11.4 Å². The minimum atomic E-state index is -2.01. The molecule has 440 valence electrons. The van der Waals surface area contributed by atoms with E-state index in [1.807, 2.05) is 32.8 Å². The number of nitrogens with one attached hydrogen (secondary N) is 4. The molecule has 21 nitrogen and oxygen atoms in total. The van der Waals surface area contributed by atoms with Gasteiger partial charge in [0.1, 0.15) is 31.2 Å². The summed E-state index contributed by atoms with van der Waals surface area (Å²) in [5.74, 6) is 2.70. The van der Waals surface area contributed by atoms with Crippen LogP contribution in [0.5, 0.6) is 0 Å². The van der Waals surface area contributed by atoms with Gasteiger partial charge in [-0.3, -0.25) is 24.0 Å². The Bertz CT molecular complexity index is 3040. The number of thioether (sulfide) groups is 1. The predicted molar refractivity (Wildman–Crippen MR) is 310 cm³/mol. The number of benzene rings is 1. The lowest BCUT2D eigenvalue weighted by atomic mass is 9.86. The number of cyclic esters (lactones) is 1. The zero-order valence-corrected chi connectivity index (χ0v) is 49.0. The normalized spacial score (nSPS) is 15.8. The van der Waals surface area contributed by atoms with Crippen LogP contribution in [-0.4, -0.2) is 128 Å². The first-order chi connectivity index (χ1) is 38.5. The first-order valence-electron chi connectivity index (χ1n) is 27.9. The second kappa shape index (κ2) is 28.8. The number of aliphatic hydroxyl groups is 1. The molecule has 1 aromatic carbocycles. The number of esters is 1. The van der Waals surface area contributed by atoms with Crippen LogP contribution in [0, 0.1) is 18.7 Å². The quantitative estimate of drug-likeness (QED) is 0.00587. The zero-order chi connectivity index (χ0) is 59.2. The minimum Gasteiger partial charge on any atom is -0.458 e. The molecule has 3 atom stereocenters. The number of amides is 4. The van der Waals surface area contributed by atoms with E-state index >= 15 is 0 Å². The summed E-state index contributed by atoms with van der Waals surface area (Å²) in [7, 11) is 3.88. The fourth-order valence-electron chi connectivity index (χ4n) is 9.50. The number of carbonyl (C=O) groups excluding carboxylic acids is 5. The van der Waals surface area contributed by atoms with Crippen LogP contribution in [-0.2, 0) is 52.2 Å². The van der Waals surface area contributed by atoms with Gasteiger partial charge in [-0.1, -0.05) is 65.0 Å². The van der Waals surface area contributed by atoms with E-state index in [0.29, 0.717) is 94.0 Å². The van der Waals surface area contributed by atoms with Crippen LogP contribution in [0.15, 0.2) is 52.8 Å².